The van der Waals surface area contributed by atoms with Crippen molar-refractivity contribution >= 4 is 5.91 Å². The number of nitriles is 1. The van der Waals surface area contributed by atoms with Gasteiger partial charge in [-0.1, -0.05) is 6.42 Å². The van der Waals surface area contributed by atoms with Gasteiger partial charge in [-0.2, -0.15) is 5.26 Å². The van der Waals surface area contributed by atoms with E-state index in [2.05, 4.69) is 5.32 Å². The molecule has 1 rings (SSSR count). The standard InChI is InChI=1S/C9H14N2O2/c10-4-5-11-9(13)8-3-1-2-7(8)6-12/h7-8,12H,1-3,5-6H2,(H,11,13). The van der Waals surface area contributed by atoms with Gasteiger partial charge in [0.25, 0.3) is 0 Å². The Morgan fingerprint density at radius 2 is 2.38 bits per heavy atom. The maximum Gasteiger partial charge on any atom is 0.224 e. The van der Waals surface area contributed by atoms with E-state index in [0.717, 1.165) is 19.3 Å². The molecule has 2 unspecified atom stereocenters. The van der Waals surface area contributed by atoms with Crippen LogP contribution in [0.25, 0.3) is 0 Å². The van der Waals surface area contributed by atoms with Crippen molar-refractivity contribution in [2.24, 2.45) is 11.8 Å². The zero-order chi connectivity index (χ0) is 9.68. The summed E-state index contributed by atoms with van der Waals surface area (Å²) >= 11 is 0. The lowest BCUT2D eigenvalue weighted by atomic mass is 9.96. The van der Waals surface area contributed by atoms with Crippen LogP contribution in [0.3, 0.4) is 0 Å². The van der Waals surface area contributed by atoms with Gasteiger partial charge in [-0.25, -0.2) is 0 Å². The number of hydrogen-bond donors (Lipinski definition) is 2. The van der Waals surface area contributed by atoms with Crippen LogP contribution in [-0.2, 0) is 4.79 Å². The van der Waals surface area contributed by atoms with Crippen LogP contribution in [0, 0.1) is 23.2 Å². The molecule has 0 aromatic rings. The molecule has 4 nitrogen and oxygen atoms in total. The second-order valence-corrected chi connectivity index (χ2v) is 3.36. The molecule has 72 valence electrons. The van der Waals surface area contributed by atoms with E-state index in [9.17, 15) is 4.79 Å². The molecule has 2 N–H and O–H groups in total. The van der Waals surface area contributed by atoms with E-state index in [-0.39, 0.29) is 30.9 Å². The molecule has 0 radical (unpaired) electrons. The van der Waals surface area contributed by atoms with Crippen molar-refractivity contribution in [3.05, 3.63) is 0 Å². The number of amides is 1. The molecule has 0 aromatic heterocycles. The number of nitrogens with zero attached hydrogens (tertiary/aromatic N) is 1. The first kappa shape index (κ1) is 10.0. The van der Waals surface area contributed by atoms with Gasteiger partial charge in [0.1, 0.15) is 6.54 Å². The third kappa shape index (κ3) is 2.43. The highest BCUT2D eigenvalue weighted by molar-refractivity contribution is 5.79. The predicted molar refractivity (Wildman–Crippen MR) is 46.5 cm³/mol. The van der Waals surface area contributed by atoms with Gasteiger partial charge in [-0.05, 0) is 18.8 Å². The van der Waals surface area contributed by atoms with Crippen molar-refractivity contribution in [2.75, 3.05) is 13.2 Å². The molecule has 1 aliphatic rings. The average molecular weight is 182 g/mol. The first-order chi connectivity index (χ1) is 6.29. The Kier molecular flexibility index (Phi) is 3.71. The summed E-state index contributed by atoms with van der Waals surface area (Å²) in [6, 6.07) is 1.86. The van der Waals surface area contributed by atoms with Gasteiger partial charge in [0.2, 0.25) is 5.91 Å². The fourth-order valence-corrected chi connectivity index (χ4v) is 1.86. The maximum absolute atomic E-state index is 11.4. The zero-order valence-electron chi connectivity index (χ0n) is 7.49. The molecule has 1 fully saturated rings. The Balaban J connectivity index is 2.41. The molecule has 1 aliphatic carbocycles. The number of nitrogens with one attached hydrogen (secondary N) is 1. The molecule has 0 aromatic carbocycles. The second-order valence-electron chi connectivity index (χ2n) is 3.36. The van der Waals surface area contributed by atoms with E-state index in [1.54, 1.807) is 0 Å². The lowest BCUT2D eigenvalue weighted by molar-refractivity contribution is -0.126. The van der Waals surface area contributed by atoms with Crippen LogP contribution in [0.1, 0.15) is 19.3 Å². The Morgan fingerprint density at radius 3 is 3.00 bits per heavy atom. The van der Waals surface area contributed by atoms with Crippen molar-refractivity contribution in [3.8, 4) is 6.07 Å². The van der Waals surface area contributed by atoms with Crippen LogP contribution in [-0.4, -0.2) is 24.2 Å². The largest absolute Gasteiger partial charge is 0.396 e. The topological polar surface area (TPSA) is 73.1 Å². The highest BCUT2D eigenvalue weighted by Crippen LogP contribution is 2.31. The summed E-state index contributed by atoms with van der Waals surface area (Å²) in [5.41, 5.74) is 0. The van der Waals surface area contributed by atoms with Crippen molar-refractivity contribution in [1.82, 2.24) is 5.32 Å². The SMILES string of the molecule is N#CCNC(=O)C1CCCC1CO. The van der Waals surface area contributed by atoms with Crippen molar-refractivity contribution in [1.29, 1.82) is 5.26 Å². The van der Waals surface area contributed by atoms with Crippen LogP contribution >= 0.6 is 0 Å². The molecule has 0 aliphatic heterocycles. The molecule has 0 bridgehead atoms. The maximum atomic E-state index is 11.4. The third-order valence-corrected chi connectivity index (χ3v) is 2.57. The summed E-state index contributed by atoms with van der Waals surface area (Å²) in [4.78, 5) is 11.4. The molecule has 4 heteroatoms. The van der Waals surface area contributed by atoms with Crippen LogP contribution in [0.2, 0.25) is 0 Å². The number of rotatable bonds is 3. The van der Waals surface area contributed by atoms with Gasteiger partial charge < -0.3 is 10.4 Å². The van der Waals surface area contributed by atoms with Gasteiger partial charge in [0.15, 0.2) is 0 Å². The fourth-order valence-electron chi connectivity index (χ4n) is 1.86. The van der Waals surface area contributed by atoms with Crippen LogP contribution in [0.15, 0.2) is 0 Å². The minimum atomic E-state index is -0.0851. The minimum Gasteiger partial charge on any atom is -0.396 e. The summed E-state index contributed by atoms with van der Waals surface area (Å²) in [5, 5.41) is 19.8. The molecular weight excluding hydrogens is 168 g/mol. The zero-order valence-corrected chi connectivity index (χ0v) is 7.49. The summed E-state index contributed by atoms with van der Waals surface area (Å²) in [7, 11) is 0. The van der Waals surface area contributed by atoms with Gasteiger partial charge >= 0.3 is 0 Å². The first-order valence-corrected chi connectivity index (χ1v) is 4.55. The molecule has 0 heterocycles. The van der Waals surface area contributed by atoms with Crippen LogP contribution in [0.5, 0.6) is 0 Å². The van der Waals surface area contributed by atoms with E-state index in [1.165, 1.54) is 0 Å². The lowest BCUT2D eigenvalue weighted by Gasteiger charge is -2.15. The Bertz CT molecular complexity index is 222. The van der Waals surface area contributed by atoms with Gasteiger partial charge in [0.05, 0.1) is 6.07 Å². The average Bonchev–Trinajstić information content (AvgIpc) is 2.61. The van der Waals surface area contributed by atoms with Crippen LogP contribution in [0.4, 0.5) is 0 Å². The second kappa shape index (κ2) is 4.83. The highest BCUT2D eigenvalue weighted by Gasteiger charge is 2.31. The number of aliphatic hydroxyl groups is 1. The Labute approximate surface area is 77.6 Å². The fraction of sp³-hybridized carbons (Fsp3) is 0.778. The first-order valence-electron chi connectivity index (χ1n) is 4.55. The minimum absolute atomic E-state index is 0.0630. The van der Waals surface area contributed by atoms with Gasteiger partial charge in [-0.15, -0.1) is 0 Å². The van der Waals surface area contributed by atoms with E-state index >= 15 is 0 Å². The van der Waals surface area contributed by atoms with Crippen molar-refractivity contribution < 1.29 is 9.90 Å². The normalized spacial score (nSPS) is 26.8. The molecule has 1 saturated carbocycles. The quantitative estimate of drug-likeness (QED) is 0.605. The molecule has 2 atom stereocenters. The summed E-state index contributed by atoms with van der Waals surface area (Å²) in [6.07, 6.45) is 2.75. The van der Waals surface area contributed by atoms with E-state index in [1.807, 2.05) is 6.07 Å². The smallest absolute Gasteiger partial charge is 0.224 e. The molecule has 13 heavy (non-hydrogen) atoms. The number of hydrogen-bond acceptors (Lipinski definition) is 3. The molecular formula is C9H14N2O2. The predicted octanol–water partition coefficient (Wildman–Crippen LogP) is 0.0348. The number of carbonyl (C=O) groups is 1. The van der Waals surface area contributed by atoms with E-state index < -0.39 is 0 Å². The van der Waals surface area contributed by atoms with Gasteiger partial charge in [-0.3, -0.25) is 4.79 Å². The lowest BCUT2D eigenvalue weighted by Crippen LogP contribution is -2.33. The highest BCUT2D eigenvalue weighted by atomic mass is 16.3. The molecule has 0 saturated heterocycles. The van der Waals surface area contributed by atoms with Crippen molar-refractivity contribution in [3.63, 3.8) is 0 Å². The van der Waals surface area contributed by atoms with E-state index in [4.69, 9.17) is 10.4 Å². The summed E-state index contributed by atoms with van der Waals surface area (Å²) in [6.45, 7) is 0.137. The Morgan fingerprint density at radius 1 is 1.62 bits per heavy atom. The summed E-state index contributed by atoms with van der Waals surface area (Å²) in [5.74, 6) is -0.0739. The van der Waals surface area contributed by atoms with Crippen LogP contribution < -0.4 is 5.32 Å². The van der Waals surface area contributed by atoms with Crippen molar-refractivity contribution in [2.45, 2.75) is 19.3 Å². The third-order valence-electron chi connectivity index (χ3n) is 2.57. The number of aliphatic hydroxyl groups excluding tert-OH is 1. The van der Waals surface area contributed by atoms with E-state index in [0.29, 0.717) is 0 Å². The molecule has 0 spiro atoms. The molecule has 1 amide bonds. The van der Waals surface area contributed by atoms with Gasteiger partial charge in [0, 0.05) is 12.5 Å². The number of carbonyl (C=O) groups excluding carboxylic acids is 1. The monoisotopic (exact) mass is 182 g/mol. The summed E-state index contributed by atoms with van der Waals surface area (Å²) < 4.78 is 0. The Hall–Kier alpha value is -1.08.